The number of thiophene rings is 1. The van der Waals surface area contributed by atoms with Crippen LogP contribution in [0.3, 0.4) is 0 Å². The van der Waals surface area contributed by atoms with Crippen LogP contribution in [0.5, 0.6) is 0 Å². The first-order chi connectivity index (χ1) is 9.33. The van der Waals surface area contributed by atoms with Crippen molar-refractivity contribution >= 4 is 11.3 Å². The van der Waals surface area contributed by atoms with Crippen LogP contribution in [0.25, 0.3) is 0 Å². The first-order valence-corrected chi connectivity index (χ1v) is 7.61. The number of hydrogen-bond acceptors (Lipinski definition) is 3. The molecule has 19 heavy (non-hydrogen) atoms. The summed E-state index contributed by atoms with van der Waals surface area (Å²) in [5.74, 6) is 0. The fourth-order valence-electron chi connectivity index (χ4n) is 2.66. The molecule has 0 aliphatic carbocycles. The van der Waals surface area contributed by atoms with Gasteiger partial charge in [-0.25, -0.2) is 0 Å². The van der Waals surface area contributed by atoms with E-state index < -0.39 is 0 Å². The second-order valence-corrected chi connectivity index (χ2v) is 6.01. The monoisotopic (exact) mass is 274 g/mol. The number of aliphatic hydroxyl groups excluding tert-OH is 1. The van der Waals surface area contributed by atoms with Gasteiger partial charge in [-0.05, 0) is 29.0 Å². The number of rotatable bonds is 4. The summed E-state index contributed by atoms with van der Waals surface area (Å²) in [6.45, 7) is 0.757. The van der Waals surface area contributed by atoms with Crippen LogP contribution in [0, 0.1) is 0 Å². The van der Waals surface area contributed by atoms with Gasteiger partial charge in [0.25, 0.3) is 0 Å². The van der Waals surface area contributed by atoms with Gasteiger partial charge >= 0.3 is 0 Å². The Morgan fingerprint density at radius 1 is 1.26 bits per heavy atom. The Morgan fingerprint density at radius 2 is 2.16 bits per heavy atom. The normalized spacial score (nSPS) is 19.9. The molecule has 2 aromatic rings. The van der Waals surface area contributed by atoms with Crippen LogP contribution < -0.4 is 0 Å². The van der Waals surface area contributed by atoms with Crippen LogP contribution in [0.15, 0.2) is 41.8 Å². The number of ether oxygens (including phenoxy) is 1. The summed E-state index contributed by atoms with van der Waals surface area (Å²) >= 11 is 1.70. The van der Waals surface area contributed by atoms with E-state index in [4.69, 9.17) is 4.74 Å². The van der Waals surface area contributed by atoms with Crippen LogP contribution in [-0.2, 0) is 17.6 Å². The largest absolute Gasteiger partial charge is 0.393 e. The molecular weight excluding hydrogens is 256 g/mol. The van der Waals surface area contributed by atoms with Crippen molar-refractivity contribution in [2.24, 2.45) is 0 Å². The van der Waals surface area contributed by atoms with Gasteiger partial charge in [0.2, 0.25) is 0 Å². The van der Waals surface area contributed by atoms with Gasteiger partial charge in [-0.3, -0.25) is 0 Å². The van der Waals surface area contributed by atoms with Gasteiger partial charge < -0.3 is 9.84 Å². The van der Waals surface area contributed by atoms with Crippen LogP contribution in [-0.4, -0.2) is 17.8 Å². The van der Waals surface area contributed by atoms with Gasteiger partial charge in [0.15, 0.2) is 0 Å². The molecule has 0 spiro atoms. The Balaban J connectivity index is 1.67. The second-order valence-electron chi connectivity index (χ2n) is 4.98. The maximum atomic E-state index is 10.2. The highest BCUT2D eigenvalue weighted by atomic mass is 32.1. The van der Waals surface area contributed by atoms with Gasteiger partial charge in [-0.2, -0.15) is 0 Å². The molecule has 100 valence electrons. The lowest BCUT2D eigenvalue weighted by molar-refractivity contribution is 0.00472. The third-order valence-corrected chi connectivity index (χ3v) is 4.49. The molecule has 2 heterocycles. The number of hydrogen-bond donors (Lipinski definition) is 1. The van der Waals surface area contributed by atoms with Crippen molar-refractivity contribution in [1.82, 2.24) is 0 Å². The van der Waals surface area contributed by atoms with Crippen molar-refractivity contribution in [3.05, 3.63) is 57.8 Å². The molecule has 0 radical (unpaired) electrons. The minimum absolute atomic E-state index is 0.0416. The summed E-state index contributed by atoms with van der Waals surface area (Å²) in [6, 6.07) is 12.5. The minimum Gasteiger partial charge on any atom is -0.393 e. The lowest BCUT2D eigenvalue weighted by Gasteiger charge is -2.27. The fourth-order valence-corrected chi connectivity index (χ4v) is 3.44. The molecule has 1 aliphatic rings. The first-order valence-electron chi connectivity index (χ1n) is 6.73. The summed E-state index contributed by atoms with van der Waals surface area (Å²) < 4.78 is 5.84. The molecule has 0 bridgehead atoms. The van der Waals surface area contributed by atoms with Crippen LogP contribution in [0.1, 0.15) is 28.5 Å². The quantitative estimate of drug-likeness (QED) is 0.926. The number of fused-ring (bicyclic) bond motifs is 1. The van der Waals surface area contributed by atoms with E-state index in [1.165, 1.54) is 16.0 Å². The second kappa shape index (κ2) is 5.87. The van der Waals surface area contributed by atoms with Crippen molar-refractivity contribution in [1.29, 1.82) is 0 Å². The predicted molar refractivity (Wildman–Crippen MR) is 77.5 cm³/mol. The maximum absolute atomic E-state index is 10.2. The van der Waals surface area contributed by atoms with E-state index in [0.717, 1.165) is 19.4 Å². The van der Waals surface area contributed by atoms with Gasteiger partial charge in [-0.1, -0.05) is 30.3 Å². The van der Waals surface area contributed by atoms with Crippen molar-refractivity contribution < 1.29 is 9.84 Å². The van der Waals surface area contributed by atoms with Crippen molar-refractivity contribution in [2.75, 3.05) is 6.61 Å². The molecular formula is C16H18O2S. The van der Waals surface area contributed by atoms with Gasteiger partial charge in [0.05, 0.1) is 18.8 Å². The average Bonchev–Trinajstić information content (AvgIpc) is 2.92. The average molecular weight is 274 g/mol. The molecule has 0 saturated carbocycles. The zero-order valence-corrected chi connectivity index (χ0v) is 11.6. The highest BCUT2D eigenvalue weighted by molar-refractivity contribution is 7.09. The van der Waals surface area contributed by atoms with Gasteiger partial charge in [-0.15, -0.1) is 11.3 Å². The first kappa shape index (κ1) is 12.9. The molecule has 2 atom stereocenters. The van der Waals surface area contributed by atoms with Crippen molar-refractivity contribution in [2.45, 2.75) is 31.5 Å². The summed E-state index contributed by atoms with van der Waals surface area (Å²) in [4.78, 5) is 1.23. The zero-order valence-electron chi connectivity index (χ0n) is 10.8. The number of aliphatic hydroxyl groups is 1. The van der Waals surface area contributed by atoms with E-state index >= 15 is 0 Å². The molecule has 1 aliphatic heterocycles. The van der Waals surface area contributed by atoms with Crippen LogP contribution >= 0.6 is 11.3 Å². The number of benzene rings is 1. The SMILES string of the molecule is OC(Cc1cccs1)CC1OCCc2ccccc21. The standard InChI is InChI=1S/C16H18O2S/c17-13(10-14-5-3-9-19-14)11-16-15-6-2-1-4-12(15)7-8-18-16/h1-6,9,13,16-17H,7-8,10-11H2. The van der Waals surface area contributed by atoms with E-state index in [-0.39, 0.29) is 12.2 Å². The highest BCUT2D eigenvalue weighted by Gasteiger charge is 2.23. The Bertz CT molecular complexity index is 521. The van der Waals surface area contributed by atoms with Gasteiger partial charge in [0, 0.05) is 17.7 Å². The van der Waals surface area contributed by atoms with E-state index in [1.807, 2.05) is 12.1 Å². The summed E-state index contributed by atoms with van der Waals surface area (Å²) in [5, 5.41) is 12.3. The topological polar surface area (TPSA) is 29.5 Å². The maximum Gasteiger partial charge on any atom is 0.0852 e. The fraction of sp³-hybridized carbons (Fsp3) is 0.375. The molecule has 0 saturated heterocycles. The van der Waals surface area contributed by atoms with Crippen molar-refractivity contribution in [3.8, 4) is 0 Å². The molecule has 2 unspecified atom stereocenters. The van der Waals surface area contributed by atoms with E-state index in [2.05, 4.69) is 29.6 Å². The van der Waals surface area contributed by atoms with E-state index in [9.17, 15) is 5.11 Å². The van der Waals surface area contributed by atoms with Crippen molar-refractivity contribution in [3.63, 3.8) is 0 Å². The molecule has 3 rings (SSSR count). The minimum atomic E-state index is -0.338. The molecule has 2 nitrogen and oxygen atoms in total. The molecule has 3 heteroatoms. The predicted octanol–water partition coefficient (Wildman–Crippen LogP) is 3.36. The Hall–Kier alpha value is -1.16. The summed E-state index contributed by atoms with van der Waals surface area (Å²) in [6.07, 6.45) is 2.08. The van der Waals surface area contributed by atoms with Crippen LogP contribution in [0.4, 0.5) is 0 Å². The molecule has 0 fully saturated rings. The molecule has 1 N–H and O–H groups in total. The summed E-state index contributed by atoms with van der Waals surface area (Å²) in [7, 11) is 0. The smallest absolute Gasteiger partial charge is 0.0852 e. The van der Waals surface area contributed by atoms with E-state index in [1.54, 1.807) is 11.3 Å². The lowest BCUT2D eigenvalue weighted by Crippen LogP contribution is -2.22. The molecule has 0 amide bonds. The highest BCUT2D eigenvalue weighted by Crippen LogP contribution is 2.31. The Kier molecular flexibility index (Phi) is 3.97. The lowest BCUT2D eigenvalue weighted by atomic mass is 9.93. The van der Waals surface area contributed by atoms with E-state index in [0.29, 0.717) is 6.42 Å². The third-order valence-electron chi connectivity index (χ3n) is 3.60. The summed E-state index contributed by atoms with van der Waals surface area (Å²) in [5.41, 5.74) is 2.61. The third kappa shape index (κ3) is 3.06. The Morgan fingerprint density at radius 3 is 3.00 bits per heavy atom. The molecule has 1 aromatic carbocycles. The Labute approximate surface area is 117 Å². The zero-order chi connectivity index (χ0) is 13.1. The van der Waals surface area contributed by atoms with Gasteiger partial charge in [0.1, 0.15) is 0 Å². The molecule has 1 aromatic heterocycles. The van der Waals surface area contributed by atoms with Crippen LogP contribution in [0.2, 0.25) is 0 Å².